The second-order valence-corrected chi connectivity index (χ2v) is 4.79. The van der Waals surface area contributed by atoms with Gasteiger partial charge in [-0.2, -0.15) is 18.2 Å². The number of alkyl halides is 3. The zero-order valence-electron chi connectivity index (χ0n) is 9.91. The Morgan fingerprint density at radius 1 is 1.33 bits per heavy atom. The van der Waals surface area contributed by atoms with Crippen molar-refractivity contribution in [3.8, 4) is 0 Å². The Hall–Kier alpha value is -1.11. The molecular formula is C11H16F3N3O. The minimum atomic E-state index is -4.19. The zero-order valence-corrected chi connectivity index (χ0v) is 9.91. The summed E-state index contributed by atoms with van der Waals surface area (Å²) in [5, 5.41) is 3.59. The van der Waals surface area contributed by atoms with E-state index in [4.69, 9.17) is 10.3 Å². The van der Waals surface area contributed by atoms with Gasteiger partial charge in [-0.3, -0.25) is 0 Å². The molecule has 2 atom stereocenters. The van der Waals surface area contributed by atoms with E-state index in [1.807, 2.05) is 0 Å². The molecule has 1 fully saturated rings. The van der Waals surface area contributed by atoms with Crippen LogP contribution in [0.1, 0.15) is 49.7 Å². The van der Waals surface area contributed by atoms with Crippen LogP contribution in [-0.2, 0) is 6.42 Å². The Kier molecular flexibility index (Phi) is 3.89. The standard InChI is InChI=1S/C11H16F3N3O/c12-11(13,14)5-4-9-16-10(18-17-9)7-2-1-3-8(15)6-7/h7-8H,1-6,15H2. The summed E-state index contributed by atoms with van der Waals surface area (Å²) >= 11 is 0. The summed E-state index contributed by atoms with van der Waals surface area (Å²) in [4.78, 5) is 4.04. The van der Waals surface area contributed by atoms with E-state index in [0.717, 1.165) is 25.7 Å². The smallest absolute Gasteiger partial charge is 0.339 e. The minimum Gasteiger partial charge on any atom is -0.339 e. The van der Waals surface area contributed by atoms with Gasteiger partial charge in [-0.05, 0) is 19.3 Å². The number of hydrogen-bond donors (Lipinski definition) is 1. The van der Waals surface area contributed by atoms with Crippen molar-refractivity contribution in [1.82, 2.24) is 10.1 Å². The van der Waals surface area contributed by atoms with Crippen LogP contribution >= 0.6 is 0 Å². The lowest BCUT2D eigenvalue weighted by molar-refractivity contribution is -0.134. The number of hydrogen-bond acceptors (Lipinski definition) is 4. The predicted molar refractivity (Wildman–Crippen MR) is 57.9 cm³/mol. The molecule has 102 valence electrons. The van der Waals surface area contributed by atoms with Crippen LogP contribution in [0.3, 0.4) is 0 Å². The molecule has 0 aliphatic heterocycles. The van der Waals surface area contributed by atoms with Gasteiger partial charge in [0.2, 0.25) is 5.89 Å². The molecule has 18 heavy (non-hydrogen) atoms. The van der Waals surface area contributed by atoms with E-state index in [0.29, 0.717) is 5.89 Å². The quantitative estimate of drug-likeness (QED) is 0.910. The summed E-state index contributed by atoms with van der Waals surface area (Å²) in [6.07, 6.45) is -1.69. The number of aromatic nitrogens is 2. The van der Waals surface area contributed by atoms with Crippen molar-refractivity contribution in [2.75, 3.05) is 0 Å². The third-order valence-electron chi connectivity index (χ3n) is 3.18. The molecule has 1 aliphatic rings. The van der Waals surface area contributed by atoms with E-state index in [2.05, 4.69) is 10.1 Å². The first-order valence-corrected chi connectivity index (χ1v) is 6.09. The van der Waals surface area contributed by atoms with Crippen LogP contribution in [0.25, 0.3) is 0 Å². The molecule has 2 rings (SSSR count). The van der Waals surface area contributed by atoms with Crippen molar-refractivity contribution in [3.05, 3.63) is 11.7 Å². The van der Waals surface area contributed by atoms with Gasteiger partial charge in [0.15, 0.2) is 5.82 Å². The highest BCUT2D eigenvalue weighted by Crippen LogP contribution is 2.31. The third-order valence-corrected chi connectivity index (χ3v) is 3.18. The van der Waals surface area contributed by atoms with Crippen LogP contribution in [0.4, 0.5) is 13.2 Å². The molecule has 2 unspecified atom stereocenters. The van der Waals surface area contributed by atoms with Crippen molar-refractivity contribution in [2.45, 2.75) is 56.7 Å². The van der Waals surface area contributed by atoms with Gasteiger partial charge in [-0.1, -0.05) is 11.6 Å². The van der Waals surface area contributed by atoms with E-state index < -0.39 is 12.6 Å². The zero-order chi connectivity index (χ0) is 13.2. The van der Waals surface area contributed by atoms with Crippen LogP contribution in [0.15, 0.2) is 4.52 Å². The molecule has 1 saturated carbocycles. The molecule has 0 aromatic carbocycles. The monoisotopic (exact) mass is 263 g/mol. The Bertz CT molecular complexity index is 391. The lowest BCUT2D eigenvalue weighted by Crippen LogP contribution is -2.26. The fourth-order valence-electron chi connectivity index (χ4n) is 2.24. The lowest BCUT2D eigenvalue weighted by atomic mass is 9.86. The highest BCUT2D eigenvalue weighted by molar-refractivity contribution is 4.97. The van der Waals surface area contributed by atoms with E-state index in [1.165, 1.54) is 0 Å². The number of aryl methyl sites for hydroxylation is 1. The second-order valence-electron chi connectivity index (χ2n) is 4.79. The average Bonchev–Trinajstić information content (AvgIpc) is 2.74. The van der Waals surface area contributed by atoms with Gasteiger partial charge >= 0.3 is 6.18 Å². The maximum absolute atomic E-state index is 12.1. The maximum atomic E-state index is 12.1. The van der Waals surface area contributed by atoms with Crippen LogP contribution in [0.5, 0.6) is 0 Å². The van der Waals surface area contributed by atoms with E-state index in [1.54, 1.807) is 0 Å². The summed E-state index contributed by atoms with van der Waals surface area (Å²) < 4.78 is 41.2. The van der Waals surface area contributed by atoms with Crippen molar-refractivity contribution >= 4 is 0 Å². The molecule has 0 saturated heterocycles. The molecule has 0 bridgehead atoms. The molecule has 1 aromatic heterocycles. The van der Waals surface area contributed by atoms with E-state index >= 15 is 0 Å². The summed E-state index contributed by atoms with van der Waals surface area (Å²) in [5.74, 6) is 0.657. The molecule has 0 radical (unpaired) electrons. The number of nitrogens with two attached hydrogens (primary N) is 1. The molecule has 0 amide bonds. The Balaban J connectivity index is 1.93. The number of rotatable bonds is 3. The van der Waals surface area contributed by atoms with Crippen LogP contribution in [-0.4, -0.2) is 22.4 Å². The molecule has 7 heteroatoms. The molecule has 1 aromatic rings. The van der Waals surface area contributed by atoms with Crippen LogP contribution < -0.4 is 5.73 Å². The highest BCUT2D eigenvalue weighted by atomic mass is 19.4. The molecule has 1 heterocycles. The first-order valence-electron chi connectivity index (χ1n) is 6.09. The minimum absolute atomic E-state index is 0.0980. The maximum Gasteiger partial charge on any atom is 0.389 e. The summed E-state index contributed by atoms with van der Waals surface area (Å²) in [6.45, 7) is 0. The Morgan fingerprint density at radius 2 is 2.11 bits per heavy atom. The van der Waals surface area contributed by atoms with Gasteiger partial charge in [-0.15, -0.1) is 0 Å². The van der Waals surface area contributed by atoms with Gasteiger partial charge < -0.3 is 10.3 Å². The molecular weight excluding hydrogens is 247 g/mol. The lowest BCUT2D eigenvalue weighted by Gasteiger charge is -2.23. The largest absolute Gasteiger partial charge is 0.389 e. The fourth-order valence-corrected chi connectivity index (χ4v) is 2.24. The van der Waals surface area contributed by atoms with Crippen LogP contribution in [0, 0.1) is 0 Å². The summed E-state index contributed by atoms with van der Waals surface area (Å²) in [5.41, 5.74) is 5.85. The molecule has 0 spiro atoms. The van der Waals surface area contributed by atoms with Crippen molar-refractivity contribution in [3.63, 3.8) is 0 Å². The van der Waals surface area contributed by atoms with E-state index in [-0.39, 0.29) is 24.2 Å². The topological polar surface area (TPSA) is 64.9 Å². The number of nitrogens with zero attached hydrogens (tertiary/aromatic N) is 2. The van der Waals surface area contributed by atoms with Gasteiger partial charge in [0.1, 0.15) is 0 Å². The summed E-state index contributed by atoms with van der Waals surface area (Å²) in [7, 11) is 0. The average molecular weight is 263 g/mol. The third kappa shape index (κ3) is 3.69. The van der Waals surface area contributed by atoms with Crippen molar-refractivity contribution < 1.29 is 17.7 Å². The Morgan fingerprint density at radius 3 is 2.78 bits per heavy atom. The Labute approximate surface area is 103 Å². The first kappa shape index (κ1) is 13.3. The molecule has 4 nitrogen and oxygen atoms in total. The molecule has 2 N–H and O–H groups in total. The predicted octanol–water partition coefficient (Wildman–Crippen LogP) is 2.55. The number of halogens is 3. The van der Waals surface area contributed by atoms with E-state index in [9.17, 15) is 13.2 Å². The SMILES string of the molecule is NC1CCCC(c2nc(CCC(F)(F)F)no2)C1. The van der Waals surface area contributed by atoms with Crippen LogP contribution in [0.2, 0.25) is 0 Å². The highest BCUT2D eigenvalue weighted by Gasteiger charge is 2.29. The van der Waals surface area contributed by atoms with Gasteiger partial charge in [0, 0.05) is 18.4 Å². The summed E-state index contributed by atoms with van der Waals surface area (Å²) in [6, 6.07) is 0.120. The van der Waals surface area contributed by atoms with Crippen molar-refractivity contribution in [1.29, 1.82) is 0 Å². The second kappa shape index (κ2) is 5.26. The first-order chi connectivity index (χ1) is 8.44. The molecule has 1 aliphatic carbocycles. The van der Waals surface area contributed by atoms with Gasteiger partial charge in [0.25, 0.3) is 0 Å². The fraction of sp³-hybridized carbons (Fsp3) is 0.818. The van der Waals surface area contributed by atoms with Gasteiger partial charge in [0.05, 0.1) is 6.42 Å². The van der Waals surface area contributed by atoms with Crippen molar-refractivity contribution in [2.24, 2.45) is 5.73 Å². The normalized spacial score (nSPS) is 25.3. The van der Waals surface area contributed by atoms with Gasteiger partial charge in [-0.25, -0.2) is 0 Å².